The first-order valence-corrected chi connectivity index (χ1v) is 11.8. The monoisotopic (exact) mass is 474 g/mol. The molecule has 1 aromatic heterocycles. The SMILES string of the molecule is COc1ccc(CNc2ccc3n(c2=O)C[C@H]2C[C@@H]3CN(C(=O)Nc3ccc(OC)cc3)C2)cc1. The molecule has 8 nitrogen and oxygen atoms in total. The summed E-state index contributed by atoms with van der Waals surface area (Å²) in [6.07, 6.45) is 0.990. The van der Waals surface area contributed by atoms with Gasteiger partial charge in [-0.3, -0.25) is 4.79 Å². The molecule has 2 amide bonds. The van der Waals surface area contributed by atoms with Crippen LogP contribution < -0.4 is 25.7 Å². The first-order chi connectivity index (χ1) is 17.0. The Labute approximate surface area is 204 Å². The molecule has 0 saturated carbocycles. The lowest BCUT2D eigenvalue weighted by Crippen LogP contribution is -2.50. The van der Waals surface area contributed by atoms with Crippen LogP contribution in [-0.2, 0) is 13.1 Å². The maximum atomic E-state index is 13.3. The van der Waals surface area contributed by atoms with Gasteiger partial charge in [0.2, 0.25) is 0 Å². The Bertz CT molecular complexity index is 1250. The van der Waals surface area contributed by atoms with Crippen LogP contribution in [0.2, 0.25) is 0 Å². The highest BCUT2D eigenvalue weighted by Crippen LogP contribution is 2.35. The lowest BCUT2D eigenvalue weighted by molar-refractivity contribution is 0.139. The molecule has 2 aromatic carbocycles. The Morgan fingerprint density at radius 2 is 1.60 bits per heavy atom. The summed E-state index contributed by atoms with van der Waals surface area (Å²) in [6.45, 7) is 2.41. The van der Waals surface area contributed by atoms with E-state index in [0.717, 1.165) is 34.9 Å². The molecular weight excluding hydrogens is 444 g/mol. The van der Waals surface area contributed by atoms with Crippen LogP contribution in [0.3, 0.4) is 0 Å². The first-order valence-electron chi connectivity index (χ1n) is 11.8. The fourth-order valence-corrected chi connectivity index (χ4v) is 5.06. The highest BCUT2D eigenvalue weighted by atomic mass is 16.5. The number of pyridine rings is 1. The van der Waals surface area contributed by atoms with Gasteiger partial charge in [0, 0.05) is 43.5 Å². The van der Waals surface area contributed by atoms with Crippen molar-refractivity contribution in [2.24, 2.45) is 5.92 Å². The van der Waals surface area contributed by atoms with E-state index in [2.05, 4.69) is 10.6 Å². The molecule has 2 bridgehead atoms. The third kappa shape index (κ3) is 4.82. The Kier molecular flexibility index (Phi) is 6.35. The number of piperidine rings is 1. The lowest BCUT2D eigenvalue weighted by Gasteiger charge is -2.42. The lowest BCUT2D eigenvalue weighted by atomic mass is 9.83. The molecule has 2 aliphatic rings. The van der Waals surface area contributed by atoms with Crippen molar-refractivity contribution in [2.75, 3.05) is 37.9 Å². The predicted octanol–water partition coefficient (Wildman–Crippen LogP) is 4.13. The number of benzene rings is 2. The standard InChI is InChI=1S/C27H30N4O4/c1-34-22-7-3-18(4-8-22)14-28-24-11-12-25-20-13-19(16-31(25)26(24)32)15-30(17-20)27(33)29-21-5-9-23(35-2)10-6-21/h3-12,19-20,28H,13-17H2,1-2H3,(H,29,33)/t19-,20+/m0/s1. The van der Waals surface area contributed by atoms with Crippen molar-refractivity contribution in [3.05, 3.63) is 82.3 Å². The van der Waals surface area contributed by atoms with Gasteiger partial charge in [-0.2, -0.15) is 0 Å². The van der Waals surface area contributed by atoms with Crippen LogP contribution in [0, 0.1) is 5.92 Å². The van der Waals surface area contributed by atoms with Crippen LogP contribution in [0.25, 0.3) is 0 Å². The molecule has 3 aromatic rings. The van der Waals surface area contributed by atoms with E-state index in [1.165, 1.54) is 0 Å². The molecule has 2 atom stereocenters. The Morgan fingerprint density at radius 1 is 0.914 bits per heavy atom. The van der Waals surface area contributed by atoms with E-state index in [1.54, 1.807) is 14.2 Å². The van der Waals surface area contributed by atoms with Gasteiger partial charge in [-0.05, 0) is 66.4 Å². The number of carbonyl (C=O) groups excluding carboxylic acids is 1. The highest BCUT2D eigenvalue weighted by molar-refractivity contribution is 5.89. The molecular formula is C27H30N4O4. The number of urea groups is 1. The maximum absolute atomic E-state index is 13.3. The number of likely N-dealkylation sites (tertiary alicyclic amines) is 1. The third-order valence-corrected chi connectivity index (χ3v) is 6.87. The van der Waals surface area contributed by atoms with Gasteiger partial charge in [-0.25, -0.2) is 4.79 Å². The molecule has 3 heterocycles. The van der Waals surface area contributed by atoms with Crippen molar-refractivity contribution in [1.82, 2.24) is 9.47 Å². The average Bonchev–Trinajstić information content (AvgIpc) is 2.89. The normalized spacial score (nSPS) is 18.4. The molecule has 1 saturated heterocycles. The number of methoxy groups -OCH3 is 2. The fourth-order valence-electron chi connectivity index (χ4n) is 5.06. The Morgan fingerprint density at radius 3 is 2.29 bits per heavy atom. The average molecular weight is 475 g/mol. The Balaban J connectivity index is 1.26. The zero-order chi connectivity index (χ0) is 24.4. The van der Waals surface area contributed by atoms with E-state index in [0.29, 0.717) is 31.9 Å². The summed E-state index contributed by atoms with van der Waals surface area (Å²) >= 11 is 0. The quantitative estimate of drug-likeness (QED) is 0.561. The zero-order valence-electron chi connectivity index (χ0n) is 20.0. The number of ether oxygens (including phenoxy) is 2. The Hall–Kier alpha value is -3.94. The second-order valence-corrected chi connectivity index (χ2v) is 9.15. The molecule has 2 N–H and O–H groups in total. The second kappa shape index (κ2) is 9.74. The molecule has 2 aliphatic heterocycles. The van der Waals surface area contributed by atoms with Crippen molar-refractivity contribution in [1.29, 1.82) is 0 Å². The summed E-state index contributed by atoms with van der Waals surface area (Å²) in [4.78, 5) is 28.1. The number of carbonyl (C=O) groups is 1. The van der Waals surface area contributed by atoms with Crippen molar-refractivity contribution in [3.63, 3.8) is 0 Å². The second-order valence-electron chi connectivity index (χ2n) is 9.15. The van der Waals surface area contributed by atoms with Crippen LogP contribution >= 0.6 is 0 Å². The molecule has 0 radical (unpaired) electrons. The summed E-state index contributed by atoms with van der Waals surface area (Å²) in [7, 11) is 3.26. The number of anilines is 2. The van der Waals surface area contributed by atoms with Crippen LogP contribution in [-0.4, -0.2) is 42.8 Å². The highest BCUT2D eigenvalue weighted by Gasteiger charge is 2.36. The van der Waals surface area contributed by atoms with Crippen LogP contribution in [0.15, 0.2) is 65.5 Å². The minimum absolute atomic E-state index is 0.00171. The van der Waals surface area contributed by atoms with Gasteiger partial charge in [0.25, 0.3) is 5.56 Å². The van der Waals surface area contributed by atoms with Gasteiger partial charge < -0.3 is 29.6 Å². The van der Waals surface area contributed by atoms with Gasteiger partial charge in [-0.15, -0.1) is 0 Å². The zero-order valence-corrected chi connectivity index (χ0v) is 20.0. The molecule has 8 heteroatoms. The summed E-state index contributed by atoms with van der Waals surface area (Å²) in [5, 5.41) is 6.27. The maximum Gasteiger partial charge on any atom is 0.321 e. The van der Waals surface area contributed by atoms with Crippen LogP contribution in [0.5, 0.6) is 11.5 Å². The number of rotatable bonds is 6. The molecule has 35 heavy (non-hydrogen) atoms. The predicted molar refractivity (Wildman–Crippen MR) is 135 cm³/mol. The number of aromatic nitrogens is 1. The summed E-state index contributed by atoms with van der Waals surface area (Å²) < 4.78 is 12.3. The van der Waals surface area contributed by atoms with Gasteiger partial charge in [0.1, 0.15) is 17.2 Å². The molecule has 5 rings (SSSR count). The topological polar surface area (TPSA) is 84.8 Å². The fraction of sp³-hybridized carbons (Fsp3) is 0.333. The number of nitrogens with zero attached hydrogens (tertiary/aromatic N) is 2. The summed E-state index contributed by atoms with van der Waals surface area (Å²) in [5.41, 5.74) is 3.41. The molecule has 1 fully saturated rings. The summed E-state index contributed by atoms with van der Waals surface area (Å²) in [5.74, 6) is 1.95. The third-order valence-electron chi connectivity index (χ3n) is 6.87. The van der Waals surface area contributed by atoms with E-state index < -0.39 is 0 Å². The van der Waals surface area contributed by atoms with E-state index in [1.807, 2.05) is 70.1 Å². The largest absolute Gasteiger partial charge is 0.497 e. The number of fused-ring (bicyclic) bond motifs is 4. The van der Waals surface area contributed by atoms with Crippen LogP contribution in [0.1, 0.15) is 23.6 Å². The van der Waals surface area contributed by atoms with E-state index in [-0.39, 0.29) is 23.4 Å². The van der Waals surface area contributed by atoms with Gasteiger partial charge in [-0.1, -0.05) is 12.1 Å². The number of amides is 2. The molecule has 0 spiro atoms. The van der Waals surface area contributed by atoms with Crippen molar-refractivity contribution in [2.45, 2.75) is 25.4 Å². The van der Waals surface area contributed by atoms with Crippen LogP contribution in [0.4, 0.5) is 16.2 Å². The number of hydrogen-bond acceptors (Lipinski definition) is 5. The number of nitrogens with one attached hydrogen (secondary N) is 2. The van der Waals surface area contributed by atoms with Gasteiger partial charge in [0.05, 0.1) is 14.2 Å². The minimum Gasteiger partial charge on any atom is -0.497 e. The van der Waals surface area contributed by atoms with E-state index in [4.69, 9.17) is 9.47 Å². The molecule has 182 valence electrons. The van der Waals surface area contributed by atoms with Crippen molar-refractivity contribution in [3.8, 4) is 11.5 Å². The van der Waals surface area contributed by atoms with E-state index >= 15 is 0 Å². The molecule has 0 unspecified atom stereocenters. The van der Waals surface area contributed by atoms with Crippen molar-refractivity contribution >= 4 is 17.4 Å². The summed E-state index contributed by atoms with van der Waals surface area (Å²) in [6, 6.07) is 18.9. The van der Waals surface area contributed by atoms with Gasteiger partial charge in [0.15, 0.2) is 0 Å². The number of hydrogen-bond donors (Lipinski definition) is 2. The van der Waals surface area contributed by atoms with Gasteiger partial charge >= 0.3 is 6.03 Å². The molecule has 0 aliphatic carbocycles. The minimum atomic E-state index is -0.113. The first kappa shape index (κ1) is 22.8. The van der Waals surface area contributed by atoms with Crippen molar-refractivity contribution < 1.29 is 14.3 Å². The van der Waals surface area contributed by atoms with E-state index in [9.17, 15) is 9.59 Å². The smallest absolute Gasteiger partial charge is 0.321 e.